The zero-order valence-corrected chi connectivity index (χ0v) is 13.3. The molecule has 11 heteroatoms. The van der Waals surface area contributed by atoms with Crippen LogP contribution in [0, 0.1) is 5.92 Å². The molecule has 11 nitrogen and oxygen atoms in total. The normalized spacial score (nSPS) is 17.9. The van der Waals surface area contributed by atoms with E-state index in [0.717, 1.165) is 37.3 Å². The van der Waals surface area contributed by atoms with Crippen LogP contribution in [0.25, 0.3) is 11.2 Å². The van der Waals surface area contributed by atoms with E-state index in [1.807, 2.05) is 0 Å². The van der Waals surface area contributed by atoms with Crippen molar-refractivity contribution in [3.63, 3.8) is 0 Å². The monoisotopic (exact) mass is 343 g/mol. The van der Waals surface area contributed by atoms with Crippen molar-refractivity contribution in [1.82, 2.24) is 34.9 Å². The number of hydrogen-bond acceptors (Lipinski definition) is 8. The topological polar surface area (TPSA) is 152 Å². The summed E-state index contributed by atoms with van der Waals surface area (Å²) in [7, 11) is 0. The van der Waals surface area contributed by atoms with Crippen LogP contribution in [0.1, 0.15) is 23.3 Å². The van der Waals surface area contributed by atoms with Gasteiger partial charge in [-0.2, -0.15) is 9.97 Å². The summed E-state index contributed by atoms with van der Waals surface area (Å²) < 4.78 is 1.58. The number of carbonyl (C=O) groups is 1. The first-order valence-corrected chi connectivity index (χ1v) is 7.95. The Hall–Kier alpha value is -3.24. The number of carboxylic acids is 1. The first kappa shape index (κ1) is 15.3. The maximum Gasteiger partial charge on any atom is 0.358 e. The van der Waals surface area contributed by atoms with Gasteiger partial charge in [-0.1, -0.05) is 5.21 Å². The van der Waals surface area contributed by atoms with Crippen LogP contribution in [0.3, 0.4) is 0 Å². The van der Waals surface area contributed by atoms with E-state index >= 15 is 0 Å². The first-order valence-electron chi connectivity index (χ1n) is 7.95. The number of aromatic carboxylic acids is 1. The number of fused-ring (bicyclic) bond motifs is 1. The van der Waals surface area contributed by atoms with Gasteiger partial charge in [0.05, 0.1) is 12.5 Å². The van der Waals surface area contributed by atoms with E-state index in [-0.39, 0.29) is 11.6 Å². The number of carboxylic acid groups (broad SMARTS) is 1. The highest BCUT2D eigenvalue weighted by Crippen LogP contribution is 2.27. The standard InChI is InChI=1S/C14H17N9O2/c15-14-18-11-10(16-7-17-11)12(19-14)22-3-1-2-8(4-22)5-23-6-9(13(24)25)20-21-23/h6-8H,1-5H2,(H,24,25)(H3,15,16,17,18,19). The molecule has 0 aliphatic carbocycles. The number of aromatic amines is 1. The van der Waals surface area contributed by atoms with Crippen molar-refractivity contribution in [3.8, 4) is 0 Å². The Morgan fingerprint density at radius 1 is 1.44 bits per heavy atom. The molecule has 25 heavy (non-hydrogen) atoms. The molecule has 1 aliphatic rings. The average molecular weight is 343 g/mol. The number of H-pyrrole nitrogens is 1. The molecule has 3 aromatic heterocycles. The second kappa shape index (κ2) is 6.00. The van der Waals surface area contributed by atoms with E-state index in [1.54, 1.807) is 11.0 Å². The molecule has 0 bridgehead atoms. The second-order valence-corrected chi connectivity index (χ2v) is 6.09. The third-order valence-corrected chi connectivity index (χ3v) is 4.31. The van der Waals surface area contributed by atoms with Crippen LogP contribution in [0.5, 0.6) is 0 Å². The number of nitrogen functional groups attached to an aromatic ring is 1. The fraction of sp³-hybridized carbons (Fsp3) is 0.429. The van der Waals surface area contributed by atoms with Crippen molar-refractivity contribution in [3.05, 3.63) is 18.2 Å². The summed E-state index contributed by atoms with van der Waals surface area (Å²) in [6.45, 7) is 2.22. The zero-order chi connectivity index (χ0) is 17.4. The van der Waals surface area contributed by atoms with E-state index < -0.39 is 5.97 Å². The molecule has 0 radical (unpaired) electrons. The lowest BCUT2D eigenvalue weighted by Crippen LogP contribution is -2.38. The predicted octanol–water partition coefficient (Wildman–Crippen LogP) is 0.141. The van der Waals surface area contributed by atoms with E-state index in [2.05, 4.69) is 35.1 Å². The quantitative estimate of drug-likeness (QED) is 0.600. The first-order chi connectivity index (χ1) is 12.1. The minimum Gasteiger partial charge on any atom is -0.476 e. The maximum atomic E-state index is 10.9. The smallest absolute Gasteiger partial charge is 0.358 e. The average Bonchev–Trinajstić information content (AvgIpc) is 3.23. The summed E-state index contributed by atoms with van der Waals surface area (Å²) in [6, 6.07) is 0. The number of nitrogens with two attached hydrogens (primary N) is 1. The largest absolute Gasteiger partial charge is 0.476 e. The summed E-state index contributed by atoms with van der Waals surface area (Å²) in [5, 5.41) is 16.5. The van der Waals surface area contributed by atoms with E-state index in [4.69, 9.17) is 10.8 Å². The molecule has 3 aromatic rings. The van der Waals surface area contributed by atoms with Gasteiger partial charge >= 0.3 is 5.97 Å². The van der Waals surface area contributed by atoms with Crippen LogP contribution in [-0.2, 0) is 6.54 Å². The summed E-state index contributed by atoms with van der Waals surface area (Å²) in [6.07, 6.45) is 5.04. The minimum absolute atomic E-state index is 0.0459. The molecule has 1 aliphatic heterocycles. The third-order valence-electron chi connectivity index (χ3n) is 4.31. The Bertz CT molecular complexity index is 918. The summed E-state index contributed by atoms with van der Waals surface area (Å²) in [5.41, 5.74) is 7.07. The van der Waals surface area contributed by atoms with Crippen LogP contribution < -0.4 is 10.6 Å². The highest BCUT2D eigenvalue weighted by Gasteiger charge is 2.24. The zero-order valence-electron chi connectivity index (χ0n) is 13.3. The molecule has 4 rings (SSSR count). The lowest BCUT2D eigenvalue weighted by molar-refractivity contribution is 0.0690. The van der Waals surface area contributed by atoms with Crippen molar-refractivity contribution < 1.29 is 9.90 Å². The van der Waals surface area contributed by atoms with Gasteiger partial charge in [0.25, 0.3) is 0 Å². The van der Waals surface area contributed by atoms with E-state index in [0.29, 0.717) is 18.1 Å². The van der Waals surface area contributed by atoms with Gasteiger partial charge in [-0.05, 0) is 18.8 Å². The van der Waals surface area contributed by atoms with Crippen LogP contribution in [0.4, 0.5) is 11.8 Å². The fourth-order valence-electron chi connectivity index (χ4n) is 3.22. The number of aromatic nitrogens is 7. The molecule has 0 saturated carbocycles. The molecule has 130 valence electrons. The molecule has 4 heterocycles. The van der Waals surface area contributed by atoms with Gasteiger partial charge in [0.1, 0.15) is 5.52 Å². The number of anilines is 2. The highest BCUT2D eigenvalue weighted by molar-refractivity contribution is 5.85. The van der Waals surface area contributed by atoms with Crippen molar-refractivity contribution >= 4 is 28.9 Å². The Labute approximate surface area is 141 Å². The second-order valence-electron chi connectivity index (χ2n) is 6.09. The number of nitrogens with zero attached hydrogens (tertiary/aromatic N) is 7. The van der Waals surface area contributed by atoms with Crippen molar-refractivity contribution in [1.29, 1.82) is 0 Å². The van der Waals surface area contributed by atoms with Crippen LogP contribution in [-0.4, -0.2) is 59.1 Å². The van der Waals surface area contributed by atoms with Gasteiger partial charge in [-0.15, -0.1) is 5.10 Å². The lowest BCUT2D eigenvalue weighted by Gasteiger charge is -2.33. The van der Waals surface area contributed by atoms with Crippen LogP contribution >= 0.6 is 0 Å². The third kappa shape index (κ3) is 2.95. The SMILES string of the molecule is Nc1nc(N2CCCC(Cn3cc(C(=O)O)nn3)C2)c2[nH]cnc2n1. The number of nitrogens with one attached hydrogen (secondary N) is 1. The number of rotatable bonds is 4. The summed E-state index contributed by atoms with van der Waals surface area (Å²) >= 11 is 0. The number of piperidine rings is 1. The van der Waals surface area contributed by atoms with Gasteiger partial charge in [-0.3, -0.25) is 4.68 Å². The molecule has 1 saturated heterocycles. The Morgan fingerprint density at radius 3 is 3.12 bits per heavy atom. The van der Waals surface area contributed by atoms with E-state index in [9.17, 15) is 4.79 Å². The molecule has 1 fully saturated rings. The predicted molar refractivity (Wildman–Crippen MR) is 88.0 cm³/mol. The molecular formula is C14H17N9O2. The molecule has 1 atom stereocenters. The fourth-order valence-corrected chi connectivity index (χ4v) is 3.22. The maximum absolute atomic E-state index is 10.9. The molecule has 0 amide bonds. The Balaban J connectivity index is 1.54. The molecule has 0 aromatic carbocycles. The van der Waals surface area contributed by atoms with Gasteiger partial charge < -0.3 is 20.7 Å². The van der Waals surface area contributed by atoms with Crippen molar-refractivity contribution in [2.75, 3.05) is 23.7 Å². The molecule has 0 spiro atoms. The van der Waals surface area contributed by atoms with Crippen LogP contribution in [0.15, 0.2) is 12.5 Å². The Kier molecular flexibility index (Phi) is 3.67. The molecule has 1 unspecified atom stereocenters. The van der Waals surface area contributed by atoms with Gasteiger partial charge in [0.2, 0.25) is 5.95 Å². The van der Waals surface area contributed by atoms with Crippen LogP contribution in [0.2, 0.25) is 0 Å². The number of hydrogen-bond donors (Lipinski definition) is 3. The van der Waals surface area contributed by atoms with E-state index in [1.165, 1.54) is 6.20 Å². The summed E-state index contributed by atoms with van der Waals surface area (Å²) in [5.74, 6) is 0.162. The number of imidazole rings is 1. The highest BCUT2D eigenvalue weighted by atomic mass is 16.4. The van der Waals surface area contributed by atoms with Gasteiger partial charge in [0.15, 0.2) is 17.2 Å². The summed E-state index contributed by atoms with van der Waals surface area (Å²) in [4.78, 5) is 28.8. The van der Waals surface area contributed by atoms with Gasteiger partial charge in [0, 0.05) is 19.6 Å². The van der Waals surface area contributed by atoms with Crippen molar-refractivity contribution in [2.45, 2.75) is 19.4 Å². The molecular weight excluding hydrogens is 326 g/mol. The van der Waals surface area contributed by atoms with Crippen molar-refractivity contribution in [2.24, 2.45) is 5.92 Å². The van der Waals surface area contributed by atoms with Gasteiger partial charge in [-0.25, -0.2) is 9.78 Å². The molecule has 4 N–H and O–H groups in total. The Morgan fingerprint density at radius 2 is 2.32 bits per heavy atom. The minimum atomic E-state index is -1.07. The lowest BCUT2D eigenvalue weighted by atomic mass is 9.98.